The SMILES string of the molecule is Cc1ccc(C(Oc2ccc(Br)cc2F)C(C)N)o1. The van der Waals surface area contributed by atoms with Crippen LogP contribution in [-0.4, -0.2) is 6.04 Å². The average molecular weight is 328 g/mol. The van der Waals surface area contributed by atoms with Crippen LogP contribution in [-0.2, 0) is 0 Å². The van der Waals surface area contributed by atoms with Crippen LogP contribution in [0, 0.1) is 12.7 Å². The van der Waals surface area contributed by atoms with Crippen molar-refractivity contribution in [1.29, 1.82) is 0 Å². The molecule has 2 atom stereocenters. The normalized spacial score (nSPS) is 14.2. The topological polar surface area (TPSA) is 48.4 Å². The zero-order chi connectivity index (χ0) is 14.0. The van der Waals surface area contributed by atoms with Gasteiger partial charge in [0.1, 0.15) is 11.5 Å². The minimum absolute atomic E-state index is 0.152. The van der Waals surface area contributed by atoms with Crippen molar-refractivity contribution in [2.75, 3.05) is 0 Å². The number of furan rings is 1. The molecule has 102 valence electrons. The maximum absolute atomic E-state index is 13.8. The highest BCUT2D eigenvalue weighted by atomic mass is 79.9. The molecule has 1 aromatic heterocycles. The highest BCUT2D eigenvalue weighted by Gasteiger charge is 2.23. The summed E-state index contributed by atoms with van der Waals surface area (Å²) >= 11 is 3.20. The minimum Gasteiger partial charge on any atom is -0.478 e. The van der Waals surface area contributed by atoms with Gasteiger partial charge in [-0.05, 0) is 44.2 Å². The summed E-state index contributed by atoms with van der Waals surface area (Å²) in [5, 5.41) is 0. The van der Waals surface area contributed by atoms with Gasteiger partial charge >= 0.3 is 0 Å². The number of hydrogen-bond donors (Lipinski definition) is 1. The molecule has 0 spiro atoms. The van der Waals surface area contributed by atoms with Crippen LogP contribution in [0.3, 0.4) is 0 Å². The Bertz CT molecular complexity index is 568. The molecule has 2 N–H and O–H groups in total. The lowest BCUT2D eigenvalue weighted by Crippen LogP contribution is -2.29. The van der Waals surface area contributed by atoms with Gasteiger partial charge in [0.15, 0.2) is 17.7 Å². The highest BCUT2D eigenvalue weighted by Crippen LogP contribution is 2.29. The molecular formula is C14H15BrFNO2. The van der Waals surface area contributed by atoms with Crippen LogP contribution in [0.1, 0.15) is 24.5 Å². The Morgan fingerprint density at radius 2 is 2.05 bits per heavy atom. The molecule has 0 amide bonds. The molecule has 1 heterocycles. The summed E-state index contributed by atoms with van der Waals surface area (Å²) in [7, 11) is 0. The Kier molecular flexibility index (Phi) is 4.27. The molecule has 0 aliphatic rings. The molecule has 2 unspecified atom stereocenters. The van der Waals surface area contributed by atoms with E-state index in [4.69, 9.17) is 14.9 Å². The van der Waals surface area contributed by atoms with E-state index < -0.39 is 11.9 Å². The van der Waals surface area contributed by atoms with E-state index in [0.717, 1.165) is 5.76 Å². The van der Waals surface area contributed by atoms with Crippen molar-refractivity contribution >= 4 is 15.9 Å². The van der Waals surface area contributed by atoms with E-state index >= 15 is 0 Å². The monoisotopic (exact) mass is 327 g/mol. The van der Waals surface area contributed by atoms with E-state index in [9.17, 15) is 4.39 Å². The first-order valence-corrected chi connectivity index (χ1v) is 6.70. The van der Waals surface area contributed by atoms with Gasteiger partial charge in [0, 0.05) is 10.5 Å². The quantitative estimate of drug-likeness (QED) is 0.924. The third-order valence-electron chi connectivity index (χ3n) is 2.67. The molecule has 0 saturated heterocycles. The third-order valence-corrected chi connectivity index (χ3v) is 3.16. The molecule has 0 aliphatic carbocycles. The molecule has 0 saturated carbocycles. The van der Waals surface area contributed by atoms with Crippen molar-refractivity contribution in [3.63, 3.8) is 0 Å². The second kappa shape index (κ2) is 5.75. The molecule has 1 aromatic carbocycles. The summed E-state index contributed by atoms with van der Waals surface area (Å²) in [5.41, 5.74) is 5.89. The van der Waals surface area contributed by atoms with Crippen LogP contribution in [0.25, 0.3) is 0 Å². The van der Waals surface area contributed by atoms with E-state index in [1.54, 1.807) is 25.1 Å². The minimum atomic E-state index is -0.524. The van der Waals surface area contributed by atoms with Gasteiger partial charge in [0.25, 0.3) is 0 Å². The molecule has 2 rings (SSSR count). The number of ether oxygens (including phenoxy) is 1. The van der Waals surface area contributed by atoms with Crippen molar-refractivity contribution in [2.45, 2.75) is 26.0 Å². The molecule has 2 aromatic rings. The summed E-state index contributed by atoms with van der Waals surface area (Å²) in [6.07, 6.45) is -0.524. The number of aryl methyl sites for hydroxylation is 1. The zero-order valence-electron chi connectivity index (χ0n) is 10.7. The Morgan fingerprint density at radius 1 is 1.32 bits per heavy atom. The molecule has 5 heteroatoms. The van der Waals surface area contributed by atoms with E-state index in [-0.39, 0.29) is 11.8 Å². The van der Waals surface area contributed by atoms with Crippen LogP contribution in [0.5, 0.6) is 5.75 Å². The molecule has 19 heavy (non-hydrogen) atoms. The number of rotatable bonds is 4. The molecule has 0 aliphatic heterocycles. The Labute approximate surface area is 119 Å². The van der Waals surface area contributed by atoms with Crippen molar-refractivity contribution in [3.8, 4) is 5.75 Å². The van der Waals surface area contributed by atoms with Gasteiger partial charge in [0.05, 0.1) is 0 Å². The lowest BCUT2D eigenvalue weighted by molar-refractivity contribution is 0.145. The number of benzene rings is 1. The van der Waals surface area contributed by atoms with E-state index in [2.05, 4.69) is 15.9 Å². The predicted octanol–water partition coefficient (Wildman–Crippen LogP) is 3.96. The summed E-state index contributed by atoms with van der Waals surface area (Å²) in [6, 6.07) is 7.91. The number of halogens is 2. The van der Waals surface area contributed by atoms with Gasteiger partial charge in [-0.3, -0.25) is 0 Å². The molecular weight excluding hydrogens is 313 g/mol. The van der Waals surface area contributed by atoms with Gasteiger partial charge in [-0.25, -0.2) is 4.39 Å². The third kappa shape index (κ3) is 3.36. The van der Waals surface area contributed by atoms with Crippen molar-refractivity contribution in [2.24, 2.45) is 5.73 Å². The van der Waals surface area contributed by atoms with E-state index in [1.807, 2.05) is 13.0 Å². The molecule has 0 bridgehead atoms. The largest absolute Gasteiger partial charge is 0.478 e. The average Bonchev–Trinajstić information content (AvgIpc) is 2.74. The van der Waals surface area contributed by atoms with Gasteiger partial charge in [-0.1, -0.05) is 15.9 Å². The lowest BCUT2D eigenvalue weighted by Gasteiger charge is -2.20. The summed E-state index contributed by atoms with van der Waals surface area (Å²) < 4.78 is 25.6. The first-order valence-electron chi connectivity index (χ1n) is 5.91. The van der Waals surface area contributed by atoms with E-state index in [0.29, 0.717) is 10.2 Å². The molecule has 0 radical (unpaired) electrons. The number of hydrogen-bond acceptors (Lipinski definition) is 3. The van der Waals surface area contributed by atoms with E-state index in [1.165, 1.54) is 6.07 Å². The van der Waals surface area contributed by atoms with Gasteiger partial charge in [-0.2, -0.15) is 0 Å². The fourth-order valence-corrected chi connectivity index (χ4v) is 2.07. The van der Waals surface area contributed by atoms with Crippen molar-refractivity contribution in [3.05, 3.63) is 52.1 Å². The first kappa shape index (κ1) is 14.1. The van der Waals surface area contributed by atoms with Crippen LogP contribution in [0.4, 0.5) is 4.39 Å². The fraction of sp³-hybridized carbons (Fsp3) is 0.286. The predicted molar refractivity (Wildman–Crippen MR) is 74.6 cm³/mol. The highest BCUT2D eigenvalue weighted by molar-refractivity contribution is 9.10. The fourth-order valence-electron chi connectivity index (χ4n) is 1.74. The molecule has 0 fully saturated rings. The summed E-state index contributed by atoms with van der Waals surface area (Å²) in [4.78, 5) is 0. The standard InChI is InChI=1S/C14H15BrFNO2/c1-8-3-5-13(18-8)14(9(2)17)19-12-6-4-10(15)7-11(12)16/h3-7,9,14H,17H2,1-2H3. The van der Waals surface area contributed by atoms with Crippen molar-refractivity contribution in [1.82, 2.24) is 0 Å². The Balaban J connectivity index is 2.26. The van der Waals surface area contributed by atoms with Gasteiger partial charge < -0.3 is 14.9 Å². The van der Waals surface area contributed by atoms with Gasteiger partial charge in [0.2, 0.25) is 0 Å². The zero-order valence-corrected chi connectivity index (χ0v) is 12.3. The second-order valence-corrected chi connectivity index (χ2v) is 5.34. The van der Waals surface area contributed by atoms with Crippen LogP contribution in [0.15, 0.2) is 39.2 Å². The van der Waals surface area contributed by atoms with Crippen LogP contribution < -0.4 is 10.5 Å². The van der Waals surface area contributed by atoms with Crippen LogP contribution in [0.2, 0.25) is 0 Å². The van der Waals surface area contributed by atoms with Crippen LogP contribution >= 0.6 is 15.9 Å². The maximum atomic E-state index is 13.8. The lowest BCUT2D eigenvalue weighted by atomic mass is 10.1. The smallest absolute Gasteiger partial charge is 0.171 e. The maximum Gasteiger partial charge on any atom is 0.171 e. The Hall–Kier alpha value is -1.33. The number of nitrogens with two attached hydrogens (primary N) is 1. The summed E-state index contributed by atoms with van der Waals surface area (Å²) in [5.74, 6) is 1.07. The van der Waals surface area contributed by atoms with Gasteiger partial charge in [-0.15, -0.1) is 0 Å². The first-order chi connectivity index (χ1) is 8.97. The summed E-state index contributed by atoms with van der Waals surface area (Å²) in [6.45, 7) is 3.63. The Morgan fingerprint density at radius 3 is 2.58 bits per heavy atom. The second-order valence-electron chi connectivity index (χ2n) is 4.42. The van der Waals surface area contributed by atoms with Crippen molar-refractivity contribution < 1.29 is 13.5 Å². The molecule has 3 nitrogen and oxygen atoms in total.